The third-order valence-corrected chi connectivity index (χ3v) is 3.72. The van der Waals surface area contributed by atoms with E-state index in [-0.39, 0.29) is 11.2 Å². The molecule has 1 aromatic carbocycles. The summed E-state index contributed by atoms with van der Waals surface area (Å²) in [5, 5.41) is 9.17. The van der Waals surface area contributed by atoms with Crippen molar-refractivity contribution in [3.05, 3.63) is 29.8 Å². The fourth-order valence-corrected chi connectivity index (χ4v) is 2.24. The van der Waals surface area contributed by atoms with Gasteiger partial charge in [0, 0.05) is 4.90 Å². The zero-order chi connectivity index (χ0) is 12.1. The average molecular weight is 239 g/mol. The van der Waals surface area contributed by atoms with E-state index < -0.39 is 6.10 Å². The summed E-state index contributed by atoms with van der Waals surface area (Å²) in [6.45, 7) is 3.66. The van der Waals surface area contributed by atoms with Gasteiger partial charge in [0.05, 0.1) is 11.4 Å². The van der Waals surface area contributed by atoms with Crippen molar-refractivity contribution in [3.8, 4) is 0 Å². The minimum absolute atomic E-state index is 0.183. The smallest absolute Gasteiger partial charge is 0.230 e. The van der Waals surface area contributed by atoms with E-state index in [9.17, 15) is 9.90 Å². The second-order valence-corrected chi connectivity index (χ2v) is 4.94. The van der Waals surface area contributed by atoms with Crippen molar-refractivity contribution in [1.29, 1.82) is 0 Å². The Morgan fingerprint density at radius 3 is 2.38 bits per heavy atom. The highest BCUT2D eigenvalue weighted by Gasteiger charge is 2.14. The van der Waals surface area contributed by atoms with Gasteiger partial charge in [-0.3, -0.25) is 4.79 Å². The second-order valence-electron chi connectivity index (χ2n) is 3.66. The topological polar surface area (TPSA) is 63.3 Å². The van der Waals surface area contributed by atoms with E-state index in [4.69, 9.17) is 5.73 Å². The van der Waals surface area contributed by atoms with Crippen molar-refractivity contribution in [2.75, 3.05) is 0 Å². The van der Waals surface area contributed by atoms with Gasteiger partial charge < -0.3 is 10.8 Å². The summed E-state index contributed by atoms with van der Waals surface area (Å²) < 4.78 is 0. The zero-order valence-electron chi connectivity index (χ0n) is 9.51. The van der Waals surface area contributed by atoms with Gasteiger partial charge in [-0.2, -0.15) is 0 Å². The number of benzene rings is 1. The second kappa shape index (κ2) is 5.92. The fourth-order valence-electron chi connectivity index (χ4n) is 1.33. The van der Waals surface area contributed by atoms with E-state index in [1.165, 1.54) is 11.8 Å². The zero-order valence-corrected chi connectivity index (χ0v) is 10.3. The third kappa shape index (κ3) is 3.54. The van der Waals surface area contributed by atoms with Gasteiger partial charge in [-0.1, -0.05) is 19.1 Å². The Bertz CT molecular complexity index is 349. The molecule has 4 heteroatoms. The van der Waals surface area contributed by atoms with E-state index in [1.54, 1.807) is 6.92 Å². The van der Waals surface area contributed by atoms with Crippen molar-refractivity contribution >= 4 is 17.7 Å². The van der Waals surface area contributed by atoms with E-state index >= 15 is 0 Å². The molecule has 16 heavy (non-hydrogen) atoms. The molecule has 0 bridgehead atoms. The molecule has 0 saturated heterocycles. The van der Waals surface area contributed by atoms with Crippen LogP contribution in [0.2, 0.25) is 0 Å². The maximum atomic E-state index is 11.1. The molecule has 3 N–H and O–H groups in total. The molecule has 1 rings (SSSR count). The Labute approximate surface area is 100 Å². The summed E-state index contributed by atoms with van der Waals surface area (Å²) in [6, 6.07) is 7.53. The third-order valence-electron chi connectivity index (χ3n) is 2.33. The number of thioether (sulfide) groups is 1. The van der Waals surface area contributed by atoms with Gasteiger partial charge in [0.2, 0.25) is 5.91 Å². The SMILES string of the molecule is CCC(Sc1ccc(C(C)O)cc1)C(N)=O. The van der Waals surface area contributed by atoms with E-state index in [0.717, 1.165) is 16.9 Å². The van der Waals surface area contributed by atoms with Gasteiger partial charge in [0.15, 0.2) is 0 Å². The maximum absolute atomic E-state index is 11.1. The molecule has 0 fully saturated rings. The first-order valence-electron chi connectivity index (χ1n) is 5.28. The van der Waals surface area contributed by atoms with Gasteiger partial charge in [-0.15, -0.1) is 11.8 Å². The number of aliphatic hydroxyl groups excluding tert-OH is 1. The van der Waals surface area contributed by atoms with Crippen molar-refractivity contribution in [1.82, 2.24) is 0 Å². The largest absolute Gasteiger partial charge is 0.389 e. The van der Waals surface area contributed by atoms with Crippen LogP contribution in [0.4, 0.5) is 0 Å². The van der Waals surface area contributed by atoms with Gasteiger partial charge in [0.25, 0.3) is 0 Å². The Morgan fingerprint density at radius 1 is 1.44 bits per heavy atom. The summed E-state index contributed by atoms with van der Waals surface area (Å²) in [7, 11) is 0. The fraction of sp³-hybridized carbons (Fsp3) is 0.417. The number of nitrogens with two attached hydrogens (primary N) is 1. The molecule has 2 atom stereocenters. The Morgan fingerprint density at radius 2 is 2.00 bits per heavy atom. The molecule has 2 unspecified atom stereocenters. The van der Waals surface area contributed by atoms with Crippen LogP contribution in [0.3, 0.4) is 0 Å². The number of carbonyl (C=O) groups is 1. The van der Waals surface area contributed by atoms with Crippen molar-refractivity contribution in [2.24, 2.45) is 5.73 Å². The molecular formula is C12H17NO2S. The first-order valence-corrected chi connectivity index (χ1v) is 6.16. The Kier molecular flexibility index (Phi) is 4.83. The molecule has 0 saturated carbocycles. The molecule has 1 amide bonds. The molecule has 0 aliphatic heterocycles. The lowest BCUT2D eigenvalue weighted by Crippen LogP contribution is -2.24. The highest BCUT2D eigenvalue weighted by atomic mass is 32.2. The van der Waals surface area contributed by atoms with Crippen LogP contribution in [0.1, 0.15) is 31.9 Å². The Hall–Kier alpha value is -1.00. The predicted octanol–water partition coefficient (Wildman–Crippen LogP) is 2.10. The van der Waals surface area contributed by atoms with Crippen LogP contribution in [-0.2, 0) is 4.79 Å². The predicted molar refractivity (Wildman–Crippen MR) is 66.2 cm³/mol. The van der Waals surface area contributed by atoms with Gasteiger partial charge in [-0.05, 0) is 31.0 Å². The molecule has 0 spiro atoms. The van der Waals surface area contributed by atoms with E-state index in [1.807, 2.05) is 31.2 Å². The molecular weight excluding hydrogens is 222 g/mol. The summed E-state index contributed by atoms with van der Waals surface area (Å²) in [5.41, 5.74) is 6.15. The minimum atomic E-state index is -0.461. The van der Waals surface area contributed by atoms with Crippen LogP contribution in [-0.4, -0.2) is 16.3 Å². The van der Waals surface area contributed by atoms with Crippen LogP contribution in [0, 0.1) is 0 Å². The van der Waals surface area contributed by atoms with Crippen LogP contribution >= 0.6 is 11.8 Å². The summed E-state index contributed by atoms with van der Waals surface area (Å²) >= 11 is 1.46. The molecule has 0 aliphatic carbocycles. The first-order chi connectivity index (χ1) is 7.54. The number of hydrogen-bond donors (Lipinski definition) is 2. The lowest BCUT2D eigenvalue weighted by atomic mass is 10.1. The standard InChI is InChI=1S/C12H17NO2S/c1-3-11(12(13)15)16-10-6-4-9(5-7-10)8(2)14/h4-8,11,14H,3H2,1-2H3,(H2,13,15). The normalized spacial score (nSPS) is 14.4. The summed E-state index contributed by atoms with van der Waals surface area (Å²) in [4.78, 5) is 12.1. The monoisotopic (exact) mass is 239 g/mol. The maximum Gasteiger partial charge on any atom is 0.230 e. The lowest BCUT2D eigenvalue weighted by molar-refractivity contribution is -0.117. The summed E-state index contributed by atoms with van der Waals surface area (Å²) in [5.74, 6) is -0.285. The molecule has 0 heterocycles. The van der Waals surface area contributed by atoms with Crippen LogP contribution in [0.5, 0.6) is 0 Å². The highest BCUT2D eigenvalue weighted by molar-refractivity contribution is 8.00. The Balaban J connectivity index is 2.71. The molecule has 1 aromatic rings. The number of aliphatic hydroxyl groups is 1. The molecule has 0 radical (unpaired) electrons. The van der Waals surface area contributed by atoms with Crippen LogP contribution in [0.25, 0.3) is 0 Å². The van der Waals surface area contributed by atoms with Gasteiger partial charge in [0.1, 0.15) is 0 Å². The quantitative estimate of drug-likeness (QED) is 0.773. The van der Waals surface area contributed by atoms with Gasteiger partial charge >= 0.3 is 0 Å². The number of carbonyl (C=O) groups excluding carboxylic acids is 1. The number of primary amides is 1. The van der Waals surface area contributed by atoms with Crippen LogP contribution in [0.15, 0.2) is 29.2 Å². The molecule has 0 aliphatic rings. The van der Waals surface area contributed by atoms with E-state index in [2.05, 4.69) is 0 Å². The lowest BCUT2D eigenvalue weighted by Gasteiger charge is -2.11. The summed E-state index contributed by atoms with van der Waals surface area (Å²) in [6.07, 6.45) is 0.259. The molecule has 0 aromatic heterocycles. The number of rotatable bonds is 5. The number of hydrogen-bond acceptors (Lipinski definition) is 3. The van der Waals surface area contributed by atoms with Crippen LogP contribution < -0.4 is 5.73 Å². The van der Waals surface area contributed by atoms with Gasteiger partial charge in [-0.25, -0.2) is 0 Å². The highest BCUT2D eigenvalue weighted by Crippen LogP contribution is 2.26. The van der Waals surface area contributed by atoms with E-state index in [0.29, 0.717) is 0 Å². The average Bonchev–Trinajstić information content (AvgIpc) is 2.26. The van der Waals surface area contributed by atoms with Crippen molar-refractivity contribution < 1.29 is 9.90 Å². The van der Waals surface area contributed by atoms with Crippen molar-refractivity contribution in [3.63, 3.8) is 0 Å². The van der Waals surface area contributed by atoms with Crippen molar-refractivity contribution in [2.45, 2.75) is 36.5 Å². The first kappa shape index (κ1) is 13.1. The molecule has 88 valence electrons. The number of amides is 1. The molecule has 3 nitrogen and oxygen atoms in total. The minimum Gasteiger partial charge on any atom is -0.389 e.